The Bertz CT molecular complexity index is 667. The van der Waals surface area contributed by atoms with E-state index in [1.165, 1.54) is 18.4 Å². The van der Waals surface area contributed by atoms with Gasteiger partial charge in [0.25, 0.3) is 0 Å². The van der Waals surface area contributed by atoms with Crippen molar-refractivity contribution >= 4 is 9.84 Å². The minimum atomic E-state index is -3.19. The van der Waals surface area contributed by atoms with Crippen LogP contribution in [0.4, 0.5) is 0 Å². The lowest BCUT2D eigenvalue weighted by atomic mass is 10.3. The SMILES string of the molecule is CS(=O)(=O)c1ccc(Oc2ccnc(CN)c2)cc1. The summed E-state index contributed by atoms with van der Waals surface area (Å²) in [5, 5.41) is 0. The highest BCUT2D eigenvalue weighted by Gasteiger charge is 2.07. The van der Waals surface area contributed by atoms with Gasteiger partial charge in [0.1, 0.15) is 11.5 Å². The molecule has 0 saturated heterocycles. The predicted molar refractivity (Wildman–Crippen MR) is 71.8 cm³/mol. The van der Waals surface area contributed by atoms with Crippen LogP contribution in [0.2, 0.25) is 0 Å². The van der Waals surface area contributed by atoms with Crippen LogP contribution in [0.25, 0.3) is 0 Å². The van der Waals surface area contributed by atoms with Crippen LogP contribution in [0.15, 0.2) is 47.5 Å². The Morgan fingerprint density at radius 2 is 1.84 bits per heavy atom. The number of hydrogen-bond acceptors (Lipinski definition) is 5. The zero-order valence-electron chi connectivity index (χ0n) is 10.4. The number of aromatic nitrogens is 1. The Morgan fingerprint density at radius 3 is 2.42 bits per heavy atom. The smallest absolute Gasteiger partial charge is 0.175 e. The molecule has 0 bridgehead atoms. The van der Waals surface area contributed by atoms with E-state index in [0.29, 0.717) is 18.0 Å². The zero-order chi connectivity index (χ0) is 13.9. The Hall–Kier alpha value is -1.92. The monoisotopic (exact) mass is 278 g/mol. The van der Waals surface area contributed by atoms with Gasteiger partial charge >= 0.3 is 0 Å². The molecule has 100 valence electrons. The first-order chi connectivity index (χ1) is 8.99. The normalized spacial score (nSPS) is 11.3. The fourth-order valence-corrected chi connectivity index (χ4v) is 2.15. The maximum absolute atomic E-state index is 11.3. The summed E-state index contributed by atoms with van der Waals surface area (Å²) in [6.07, 6.45) is 2.78. The van der Waals surface area contributed by atoms with Crippen LogP contribution in [0.3, 0.4) is 0 Å². The summed E-state index contributed by atoms with van der Waals surface area (Å²) < 4.78 is 28.2. The minimum absolute atomic E-state index is 0.261. The molecule has 0 saturated carbocycles. The molecule has 2 rings (SSSR count). The number of nitrogens with zero attached hydrogens (tertiary/aromatic N) is 1. The minimum Gasteiger partial charge on any atom is -0.457 e. The molecule has 0 radical (unpaired) electrons. The molecule has 0 aliphatic heterocycles. The number of rotatable bonds is 4. The molecule has 2 aromatic rings. The van der Waals surface area contributed by atoms with Crippen LogP contribution in [-0.4, -0.2) is 19.7 Å². The van der Waals surface area contributed by atoms with Crippen LogP contribution in [-0.2, 0) is 16.4 Å². The van der Waals surface area contributed by atoms with E-state index in [2.05, 4.69) is 4.98 Å². The average molecular weight is 278 g/mol. The van der Waals surface area contributed by atoms with E-state index in [4.69, 9.17) is 10.5 Å². The second-order valence-electron chi connectivity index (χ2n) is 4.03. The first-order valence-electron chi connectivity index (χ1n) is 5.62. The molecule has 0 fully saturated rings. The van der Waals surface area contributed by atoms with E-state index >= 15 is 0 Å². The number of ether oxygens (including phenoxy) is 1. The number of benzene rings is 1. The lowest BCUT2D eigenvalue weighted by Crippen LogP contribution is -1.99. The first-order valence-corrected chi connectivity index (χ1v) is 7.51. The average Bonchev–Trinajstić information content (AvgIpc) is 2.38. The topological polar surface area (TPSA) is 82.3 Å². The summed E-state index contributed by atoms with van der Waals surface area (Å²) in [5.74, 6) is 1.17. The zero-order valence-corrected chi connectivity index (χ0v) is 11.2. The van der Waals surface area contributed by atoms with Gasteiger partial charge in [-0.1, -0.05) is 0 Å². The Kier molecular flexibility index (Phi) is 3.82. The van der Waals surface area contributed by atoms with Crippen molar-refractivity contribution in [3.63, 3.8) is 0 Å². The van der Waals surface area contributed by atoms with E-state index in [1.807, 2.05) is 0 Å². The van der Waals surface area contributed by atoms with Crippen molar-refractivity contribution in [1.82, 2.24) is 4.98 Å². The van der Waals surface area contributed by atoms with Gasteiger partial charge in [0.05, 0.1) is 10.6 Å². The van der Waals surface area contributed by atoms with Gasteiger partial charge in [0.15, 0.2) is 9.84 Å². The molecule has 1 aromatic heterocycles. The van der Waals surface area contributed by atoms with Crippen LogP contribution in [0.5, 0.6) is 11.5 Å². The molecule has 19 heavy (non-hydrogen) atoms. The third-order valence-corrected chi connectivity index (χ3v) is 3.61. The summed E-state index contributed by atoms with van der Waals surface area (Å²) in [6.45, 7) is 0.338. The molecule has 0 aliphatic rings. The van der Waals surface area contributed by atoms with Crippen molar-refractivity contribution < 1.29 is 13.2 Å². The first kappa shape index (κ1) is 13.5. The van der Waals surface area contributed by atoms with Crippen LogP contribution in [0.1, 0.15) is 5.69 Å². The summed E-state index contributed by atoms with van der Waals surface area (Å²) in [6, 6.07) is 9.69. The quantitative estimate of drug-likeness (QED) is 0.921. The van der Waals surface area contributed by atoms with Gasteiger partial charge in [-0.3, -0.25) is 4.98 Å². The van der Waals surface area contributed by atoms with Gasteiger partial charge in [-0.05, 0) is 30.3 Å². The maximum Gasteiger partial charge on any atom is 0.175 e. The highest BCUT2D eigenvalue weighted by molar-refractivity contribution is 7.90. The molecule has 0 amide bonds. The largest absolute Gasteiger partial charge is 0.457 e. The van der Waals surface area contributed by atoms with Gasteiger partial charge in [-0.15, -0.1) is 0 Å². The fourth-order valence-electron chi connectivity index (χ4n) is 1.52. The van der Waals surface area contributed by atoms with Gasteiger partial charge < -0.3 is 10.5 Å². The van der Waals surface area contributed by atoms with E-state index in [0.717, 1.165) is 5.69 Å². The predicted octanol–water partition coefficient (Wildman–Crippen LogP) is 1.74. The van der Waals surface area contributed by atoms with E-state index < -0.39 is 9.84 Å². The highest BCUT2D eigenvalue weighted by atomic mass is 32.2. The molecule has 1 heterocycles. The van der Waals surface area contributed by atoms with Crippen molar-refractivity contribution in [3.8, 4) is 11.5 Å². The molecule has 6 heteroatoms. The van der Waals surface area contributed by atoms with Gasteiger partial charge in [0.2, 0.25) is 0 Å². The Balaban J connectivity index is 2.19. The number of pyridine rings is 1. The van der Waals surface area contributed by atoms with Crippen molar-refractivity contribution in [1.29, 1.82) is 0 Å². The summed E-state index contributed by atoms with van der Waals surface area (Å²) in [4.78, 5) is 4.32. The highest BCUT2D eigenvalue weighted by Crippen LogP contribution is 2.22. The molecular weight excluding hydrogens is 264 g/mol. The van der Waals surface area contributed by atoms with Crippen LogP contribution >= 0.6 is 0 Å². The van der Waals surface area contributed by atoms with Gasteiger partial charge in [-0.2, -0.15) is 0 Å². The molecule has 1 aromatic carbocycles. The lowest BCUT2D eigenvalue weighted by Gasteiger charge is -2.07. The van der Waals surface area contributed by atoms with Gasteiger partial charge in [-0.25, -0.2) is 8.42 Å². The van der Waals surface area contributed by atoms with Crippen LogP contribution in [0, 0.1) is 0 Å². The third kappa shape index (κ3) is 3.52. The molecule has 2 N–H and O–H groups in total. The molecule has 0 atom stereocenters. The molecule has 0 unspecified atom stereocenters. The number of hydrogen-bond donors (Lipinski definition) is 1. The standard InChI is InChI=1S/C13H14N2O3S/c1-19(16,17)13-4-2-11(3-5-13)18-12-6-7-15-10(8-12)9-14/h2-8H,9,14H2,1H3. The second-order valence-corrected chi connectivity index (χ2v) is 6.05. The molecular formula is C13H14N2O3S. The Labute approximate surface area is 112 Å². The van der Waals surface area contributed by atoms with E-state index in [9.17, 15) is 8.42 Å². The van der Waals surface area contributed by atoms with Gasteiger partial charge in [0, 0.05) is 25.1 Å². The maximum atomic E-state index is 11.3. The summed E-state index contributed by atoms with van der Waals surface area (Å²) in [7, 11) is -3.19. The van der Waals surface area contributed by atoms with E-state index in [-0.39, 0.29) is 4.90 Å². The molecule has 5 nitrogen and oxygen atoms in total. The van der Waals surface area contributed by atoms with Crippen LogP contribution < -0.4 is 10.5 Å². The van der Waals surface area contributed by atoms with Crippen molar-refractivity contribution in [2.24, 2.45) is 5.73 Å². The molecule has 0 spiro atoms. The van der Waals surface area contributed by atoms with Crippen molar-refractivity contribution in [3.05, 3.63) is 48.3 Å². The Morgan fingerprint density at radius 1 is 1.16 bits per heavy atom. The lowest BCUT2D eigenvalue weighted by molar-refractivity contribution is 0.480. The van der Waals surface area contributed by atoms with Crippen molar-refractivity contribution in [2.75, 3.05) is 6.26 Å². The summed E-state index contributed by atoms with van der Waals surface area (Å²) >= 11 is 0. The second kappa shape index (κ2) is 5.38. The summed E-state index contributed by atoms with van der Waals surface area (Å²) in [5.41, 5.74) is 6.22. The third-order valence-electron chi connectivity index (χ3n) is 2.48. The number of nitrogens with two attached hydrogens (primary N) is 1. The number of sulfone groups is 1. The fraction of sp³-hybridized carbons (Fsp3) is 0.154. The molecule has 0 aliphatic carbocycles. The van der Waals surface area contributed by atoms with E-state index in [1.54, 1.807) is 30.5 Å². The van der Waals surface area contributed by atoms with Crippen molar-refractivity contribution in [2.45, 2.75) is 11.4 Å².